The number of amides is 2. The minimum atomic E-state index is -0.415. The van der Waals surface area contributed by atoms with Gasteiger partial charge in [-0.3, -0.25) is 19.3 Å². The predicted octanol–water partition coefficient (Wildman–Crippen LogP) is 2.79. The van der Waals surface area contributed by atoms with Crippen LogP contribution in [0.25, 0.3) is 0 Å². The normalized spacial score (nSPS) is 14.9. The average Bonchev–Trinajstić information content (AvgIpc) is 2.77. The summed E-state index contributed by atoms with van der Waals surface area (Å²) in [7, 11) is 0. The average molecular weight is 422 g/mol. The molecule has 164 valence electrons. The fraction of sp³-hybridized carbons (Fsp3) is 0.400. The third kappa shape index (κ3) is 6.76. The van der Waals surface area contributed by atoms with Gasteiger partial charge >= 0.3 is 0 Å². The number of piperidine rings is 1. The van der Waals surface area contributed by atoms with Gasteiger partial charge in [0.1, 0.15) is 0 Å². The molecule has 1 aliphatic heterocycles. The van der Waals surface area contributed by atoms with E-state index in [4.69, 9.17) is 5.73 Å². The summed E-state index contributed by atoms with van der Waals surface area (Å²) in [5.41, 5.74) is 8.22. The second-order valence-electron chi connectivity index (χ2n) is 8.30. The zero-order valence-corrected chi connectivity index (χ0v) is 18.1. The molecule has 1 heterocycles. The lowest BCUT2D eigenvalue weighted by Gasteiger charge is -2.32. The molecule has 1 saturated heterocycles. The highest BCUT2D eigenvalue weighted by atomic mass is 16.2. The summed E-state index contributed by atoms with van der Waals surface area (Å²) >= 11 is 0. The monoisotopic (exact) mass is 421 g/mol. The van der Waals surface area contributed by atoms with Gasteiger partial charge in [-0.15, -0.1) is 0 Å². The number of aryl methyl sites for hydroxylation is 1. The number of primary amides is 1. The molecule has 0 radical (unpaired) electrons. The quantitative estimate of drug-likeness (QED) is 0.631. The Morgan fingerprint density at radius 3 is 2.26 bits per heavy atom. The number of nitrogens with two attached hydrogens (primary N) is 1. The van der Waals surface area contributed by atoms with Crippen LogP contribution in [0, 0.1) is 12.8 Å². The SMILES string of the molecule is Cc1ccc(C(=O)C2CCN(CC(=O)N(CCC(N)=O)Cc3ccccc3)CC2)cc1. The van der Waals surface area contributed by atoms with E-state index in [1.54, 1.807) is 4.90 Å². The lowest BCUT2D eigenvalue weighted by Crippen LogP contribution is -2.44. The number of likely N-dealkylation sites (tertiary alicyclic amines) is 1. The van der Waals surface area contributed by atoms with Crippen molar-refractivity contribution in [1.29, 1.82) is 0 Å². The number of carbonyl (C=O) groups excluding carboxylic acids is 3. The van der Waals surface area contributed by atoms with Crippen molar-refractivity contribution in [3.05, 3.63) is 71.3 Å². The van der Waals surface area contributed by atoms with Crippen LogP contribution in [0.1, 0.15) is 40.7 Å². The fourth-order valence-electron chi connectivity index (χ4n) is 3.94. The summed E-state index contributed by atoms with van der Waals surface area (Å²) < 4.78 is 0. The lowest BCUT2D eigenvalue weighted by atomic mass is 9.88. The molecular weight excluding hydrogens is 390 g/mol. The second kappa shape index (κ2) is 10.9. The molecule has 3 rings (SSSR count). The van der Waals surface area contributed by atoms with Crippen molar-refractivity contribution in [1.82, 2.24) is 9.80 Å². The van der Waals surface area contributed by atoms with Crippen LogP contribution < -0.4 is 5.73 Å². The molecule has 31 heavy (non-hydrogen) atoms. The standard InChI is InChI=1S/C25H31N3O3/c1-19-7-9-21(10-8-19)25(31)22-11-14-27(15-12-22)18-24(30)28(16-13-23(26)29)17-20-5-3-2-4-6-20/h2-10,22H,11-18H2,1H3,(H2,26,29). The highest BCUT2D eigenvalue weighted by Gasteiger charge is 2.27. The van der Waals surface area contributed by atoms with Gasteiger partial charge in [-0.2, -0.15) is 0 Å². The third-order valence-electron chi connectivity index (χ3n) is 5.85. The zero-order chi connectivity index (χ0) is 22.2. The van der Waals surface area contributed by atoms with E-state index in [0.29, 0.717) is 26.2 Å². The summed E-state index contributed by atoms with van der Waals surface area (Å²) in [6, 6.07) is 17.5. The van der Waals surface area contributed by atoms with Gasteiger partial charge in [0.2, 0.25) is 11.8 Å². The van der Waals surface area contributed by atoms with Crippen molar-refractivity contribution in [2.45, 2.75) is 32.7 Å². The van der Waals surface area contributed by atoms with Crippen molar-refractivity contribution in [3.63, 3.8) is 0 Å². The zero-order valence-electron chi connectivity index (χ0n) is 18.1. The number of hydrogen-bond acceptors (Lipinski definition) is 4. The Bertz CT molecular complexity index is 888. The lowest BCUT2D eigenvalue weighted by molar-refractivity contribution is -0.133. The van der Waals surface area contributed by atoms with Gasteiger partial charge < -0.3 is 10.6 Å². The minimum absolute atomic E-state index is 0.00402. The molecule has 2 N–H and O–H groups in total. The van der Waals surface area contributed by atoms with Crippen LogP contribution in [-0.2, 0) is 16.1 Å². The molecule has 2 aromatic rings. The van der Waals surface area contributed by atoms with Crippen LogP contribution in [0.5, 0.6) is 0 Å². The van der Waals surface area contributed by atoms with Crippen LogP contribution in [0.2, 0.25) is 0 Å². The summed E-state index contributed by atoms with van der Waals surface area (Å²) in [5.74, 6) is -0.239. The van der Waals surface area contributed by atoms with E-state index in [1.807, 2.05) is 61.5 Å². The maximum absolute atomic E-state index is 13.0. The first-order chi connectivity index (χ1) is 14.9. The van der Waals surface area contributed by atoms with Crippen LogP contribution in [-0.4, -0.2) is 53.6 Å². The first-order valence-corrected chi connectivity index (χ1v) is 10.9. The molecule has 6 heteroatoms. The summed E-state index contributed by atoms with van der Waals surface area (Å²) in [4.78, 5) is 40.8. The van der Waals surface area contributed by atoms with Crippen molar-refractivity contribution >= 4 is 17.6 Å². The number of ketones is 1. The molecule has 0 bridgehead atoms. The van der Waals surface area contributed by atoms with Crippen LogP contribution in [0.15, 0.2) is 54.6 Å². The first kappa shape index (κ1) is 22.7. The van der Waals surface area contributed by atoms with E-state index in [1.165, 1.54) is 0 Å². The maximum Gasteiger partial charge on any atom is 0.237 e. The Morgan fingerprint density at radius 1 is 1.00 bits per heavy atom. The smallest absolute Gasteiger partial charge is 0.237 e. The van der Waals surface area contributed by atoms with Crippen LogP contribution >= 0.6 is 0 Å². The number of nitrogens with zero attached hydrogens (tertiary/aromatic N) is 2. The van der Waals surface area contributed by atoms with Gasteiger partial charge in [0, 0.05) is 31.0 Å². The van der Waals surface area contributed by atoms with Gasteiger partial charge in [-0.05, 0) is 38.4 Å². The summed E-state index contributed by atoms with van der Waals surface area (Å²) in [6.07, 6.45) is 1.64. The molecule has 0 aliphatic carbocycles. The Labute approximate surface area is 184 Å². The summed E-state index contributed by atoms with van der Waals surface area (Å²) in [5, 5.41) is 0. The van der Waals surface area contributed by atoms with E-state index in [0.717, 1.165) is 29.5 Å². The molecule has 6 nitrogen and oxygen atoms in total. The Balaban J connectivity index is 1.54. The van der Waals surface area contributed by atoms with Crippen LogP contribution in [0.4, 0.5) is 0 Å². The molecule has 1 aliphatic rings. The second-order valence-corrected chi connectivity index (χ2v) is 8.30. The molecule has 0 aromatic heterocycles. The fourth-order valence-corrected chi connectivity index (χ4v) is 3.94. The predicted molar refractivity (Wildman–Crippen MR) is 120 cm³/mol. The largest absolute Gasteiger partial charge is 0.370 e. The van der Waals surface area contributed by atoms with Crippen molar-refractivity contribution in [3.8, 4) is 0 Å². The number of hydrogen-bond donors (Lipinski definition) is 1. The van der Waals surface area contributed by atoms with Gasteiger partial charge in [0.05, 0.1) is 6.54 Å². The van der Waals surface area contributed by atoms with Crippen LogP contribution in [0.3, 0.4) is 0 Å². The van der Waals surface area contributed by atoms with E-state index in [-0.39, 0.29) is 30.6 Å². The molecule has 1 fully saturated rings. The number of Topliss-reactive ketones (excluding diaryl/α,β-unsaturated/α-hetero) is 1. The van der Waals surface area contributed by atoms with Gasteiger partial charge in [0.25, 0.3) is 0 Å². The number of rotatable bonds is 9. The van der Waals surface area contributed by atoms with Crippen molar-refractivity contribution in [2.24, 2.45) is 11.7 Å². The Hall–Kier alpha value is -2.99. The Kier molecular flexibility index (Phi) is 7.95. The molecule has 2 aromatic carbocycles. The highest BCUT2D eigenvalue weighted by Crippen LogP contribution is 2.22. The third-order valence-corrected chi connectivity index (χ3v) is 5.85. The molecule has 0 atom stereocenters. The first-order valence-electron chi connectivity index (χ1n) is 10.9. The number of benzene rings is 2. The van der Waals surface area contributed by atoms with E-state index in [2.05, 4.69) is 4.90 Å². The molecule has 0 unspecified atom stereocenters. The maximum atomic E-state index is 13.0. The van der Waals surface area contributed by atoms with Gasteiger partial charge in [-0.25, -0.2) is 0 Å². The Morgan fingerprint density at radius 2 is 1.65 bits per heavy atom. The molecular formula is C25H31N3O3. The minimum Gasteiger partial charge on any atom is -0.370 e. The highest BCUT2D eigenvalue weighted by molar-refractivity contribution is 5.98. The molecule has 2 amide bonds. The van der Waals surface area contributed by atoms with E-state index in [9.17, 15) is 14.4 Å². The topological polar surface area (TPSA) is 83.7 Å². The number of carbonyl (C=O) groups is 3. The molecule has 0 spiro atoms. The van der Waals surface area contributed by atoms with Gasteiger partial charge in [0.15, 0.2) is 5.78 Å². The van der Waals surface area contributed by atoms with Crippen molar-refractivity contribution < 1.29 is 14.4 Å². The van der Waals surface area contributed by atoms with E-state index < -0.39 is 5.91 Å². The summed E-state index contributed by atoms with van der Waals surface area (Å²) in [6.45, 7) is 4.48. The van der Waals surface area contributed by atoms with Crippen molar-refractivity contribution in [2.75, 3.05) is 26.2 Å². The van der Waals surface area contributed by atoms with E-state index >= 15 is 0 Å². The molecule has 0 saturated carbocycles. The van der Waals surface area contributed by atoms with Gasteiger partial charge in [-0.1, -0.05) is 60.2 Å².